The van der Waals surface area contributed by atoms with E-state index in [2.05, 4.69) is 21.3 Å². The van der Waals surface area contributed by atoms with E-state index in [0.29, 0.717) is 0 Å². The molecule has 9 heterocycles. The first-order valence-corrected chi connectivity index (χ1v) is 38.6. The van der Waals surface area contributed by atoms with Gasteiger partial charge in [0.15, 0.2) is 44.0 Å². The summed E-state index contributed by atoms with van der Waals surface area (Å²) in [6.45, 7) is -3.11. The van der Waals surface area contributed by atoms with E-state index in [0.717, 1.165) is 27.7 Å². The molecule has 9 fully saturated rings. The molecule has 0 aromatic heterocycles. The van der Waals surface area contributed by atoms with E-state index < -0.39 is 382 Å². The van der Waals surface area contributed by atoms with Crippen LogP contribution in [-0.2, 0) is 109 Å². The fourth-order valence-electron chi connectivity index (χ4n) is 15.8. The lowest BCUT2D eigenvalue weighted by Gasteiger charge is -2.53. The van der Waals surface area contributed by atoms with E-state index in [1.807, 2.05) is 0 Å². The van der Waals surface area contributed by atoms with Crippen LogP contribution in [0.2, 0.25) is 0 Å². The lowest BCUT2D eigenvalue weighted by atomic mass is 9.88. The molecule has 54 heteroatoms. The molecule has 0 aliphatic carbocycles. The third kappa shape index (κ3) is 21.7. The smallest absolute Gasteiger partial charge is 0.364 e. The molecule has 0 radical (unpaired) electrons. The quantitative estimate of drug-likeness (QED) is 0.0290. The number of rotatable bonds is 33. The normalized spacial score (nSPS) is 46.9. The van der Waals surface area contributed by atoms with Gasteiger partial charge in [-0.05, 0) is 13.8 Å². The molecule has 0 spiro atoms. The fourth-order valence-corrected chi connectivity index (χ4v) is 15.8. The summed E-state index contributed by atoms with van der Waals surface area (Å²) in [4.78, 5) is 79.0. The van der Waals surface area contributed by atoms with Gasteiger partial charge >= 0.3 is 11.9 Å². The summed E-state index contributed by atoms with van der Waals surface area (Å²) < 4.78 is 102. The van der Waals surface area contributed by atoms with Crippen LogP contribution in [0.5, 0.6) is 0 Å². The Kier molecular flexibility index (Phi) is 35.2. The number of ether oxygens (including phenoxy) is 17. The van der Waals surface area contributed by atoms with Crippen molar-refractivity contribution in [2.24, 2.45) is 0 Å². The second-order valence-corrected chi connectivity index (χ2v) is 30.9. The molecular weight excluding hydrogens is 1670 g/mol. The maximum Gasteiger partial charge on any atom is 0.364 e. The zero-order valence-corrected chi connectivity index (χ0v) is 65.8. The second-order valence-electron chi connectivity index (χ2n) is 30.9. The molecule has 47 atom stereocenters. The summed E-state index contributed by atoms with van der Waals surface area (Å²) in [7, 11) is 0. The van der Waals surface area contributed by atoms with Gasteiger partial charge < -0.3 is 240 Å². The molecule has 704 valence electrons. The largest absolute Gasteiger partial charge is 0.477 e. The van der Waals surface area contributed by atoms with E-state index in [-0.39, 0.29) is 0 Å². The van der Waals surface area contributed by atoms with E-state index in [1.165, 1.54) is 13.8 Å². The van der Waals surface area contributed by atoms with Crippen LogP contribution in [0.4, 0.5) is 0 Å². The number of carboxylic acids is 2. The SMILES string of the molecule is CC(=O)N[C@H]1[C@H](O[C@H]2[C@@H](O)[C@@H](CO)OC(O)[C@@H]2O[C@@H]2O[C@H](CO)[C@@H](O[C@@H]3O[C@H](CO)[C@H](O)[C@H](O[C@]4(C(=O)O)C[C@H](O)[C@@H](NC(C)=O)[C@H]([C@H](O)[C@H](O)CO)O4)[C@H]3O)[C@H](O[C@@H]3O[C@@H](C)[C@@H](O)[C@@H](O)[C@@H]3O)[C@H]2NC(C)=O)O[C@H](CO)[C@@H](O[C@@H]2O[C@H](CO)[C@H](O)[C@H](O[C@]3(C(=O)O)C[C@H](O)[C@@H](NC(C)=O)[C@H]([C@H](O)[C@H](O)CO)O3)[C@H]2O)[C@@H]1O[C@@H]1O[C@@H](C)[C@@H](O)[C@@H](O)[C@@H]1O. The Morgan fingerprint density at radius 3 is 0.943 bits per heavy atom. The van der Waals surface area contributed by atoms with E-state index >= 15 is 0 Å². The van der Waals surface area contributed by atoms with E-state index in [4.69, 9.17) is 80.5 Å². The molecule has 9 aliphatic rings. The number of carboxylic acid groups (broad SMARTS) is 2. The van der Waals surface area contributed by atoms with E-state index in [1.54, 1.807) is 0 Å². The highest BCUT2D eigenvalue weighted by molar-refractivity contribution is 5.78. The summed E-state index contributed by atoms with van der Waals surface area (Å²) in [6.07, 6.45) is -94.9. The number of aliphatic hydroxyl groups is 25. The van der Waals surface area contributed by atoms with Crippen molar-refractivity contribution in [3.63, 3.8) is 0 Å². The van der Waals surface area contributed by atoms with Gasteiger partial charge in [-0.1, -0.05) is 0 Å². The number of hydrogen-bond acceptors (Lipinski definition) is 48. The lowest BCUT2D eigenvalue weighted by molar-refractivity contribution is -0.407. The summed E-state index contributed by atoms with van der Waals surface area (Å²) in [5, 5.41) is 311. The molecule has 0 bridgehead atoms. The van der Waals surface area contributed by atoms with Crippen LogP contribution < -0.4 is 21.3 Å². The highest BCUT2D eigenvalue weighted by Gasteiger charge is 2.66. The van der Waals surface area contributed by atoms with Crippen molar-refractivity contribution in [2.75, 3.05) is 46.2 Å². The molecule has 31 N–H and O–H groups in total. The third-order valence-electron chi connectivity index (χ3n) is 22.2. The molecule has 9 aliphatic heterocycles. The first-order chi connectivity index (χ1) is 57.3. The van der Waals surface area contributed by atoms with Crippen molar-refractivity contribution in [2.45, 2.75) is 342 Å². The number of nitrogens with one attached hydrogen (secondary N) is 4. The highest BCUT2D eigenvalue weighted by Crippen LogP contribution is 2.44. The predicted octanol–water partition coefficient (Wildman–Crippen LogP) is -19.6. The molecule has 4 amide bonds. The summed E-state index contributed by atoms with van der Waals surface area (Å²) in [5.74, 6) is -15.2. The number of amides is 4. The molecule has 9 rings (SSSR count). The number of carbonyl (C=O) groups is 6. The molecule has 0 aromatic carbocycles. The Hall–Kier alpha value is -4.86. The Bertz CT molecular complexity index is 3410. The number of aliphatic hydroxyl groups excluding tert-OH is 25. The van der Waals surface area contributed by atoms with Crippen LogP contribution in [-0.4, -0.2) is 507 Å². The monoisotopic (exact) mass is 1780 g/mol. The molecule has 1 unspecified atom stereocenters. The summed E-state index contributed by atoms with van der Waals surface area (Å²) in [5.41, 5.74) is 0. The van der Waals surface area contributed by atoms with Gasteiger partial charge in [0.1, 0.15) is 195 Å². The van der Waals surface area contributed by atoms with Gasteiger partial charge in [-0.2, -0.15) is 0 Å². The Balaban J connectivity index is 1.09. The Morgan fingerprint density at radius 1 is 0.336 bits per heavy atom. The van der Waals surface area contributed by atoms with Crippen molar-refractivity contribution in [3.05, 3.63) is 0 Å². The zero-order chi connectivity index (χ0) is 90.7. The average Bonchev–Trinajstić information content (AvgIpc) is 0.758. The maximum atomic E-state index is 13.8. The van der Waals surface area contributed by atoms with Crippen LogP contribution in [0.3, 0.4) is 0 Å². The van der Waals surface area contributed by atoms with Gasteiger partial charge in [0.05, 0.1) is 82.7 Å². The number of carbonyl (C=O) groups excluding carboxylic acids is 4. The standard InChI is InChI=1S/C68H112N4O50/c1-16-35(88)42(95)44(97)61(106-16)115-52-33(71-20(5)82)59(111-29(14-78)48(52)113-63-46(99)54(39(92)27(12-76)109-63)121-67(65(102)103)7-22(84)31(69-18(3)80)50(119-67)37(90)24(86)9-73)117-56-41(94)26(11-75)108-58(101)57(56)118-60-34(72-21(6)83)53(116-62-45(98)43(96)36(89)17(2)107-62)49(30(15-79)112-60)114-64-47(100)55(40(93)28(13-77)110-64)122-68(66(104)105)8-23(85)32(70-19(4)81)51(120-68)38(91)25(87)10-74/h16-17,22-64,73-79,84-101H,7-15H2,1-6H3,(H,69,80)(H,70,81)(H,71,82)(H,72,83)(H,102,103)(H,104,105)/t16-,17-,22-,23-,24+,25+,26+,27+,28+,29+,30+,31+,32+,33+,34+,35+,36+,37+,38+,39-,40-,41-,42+,43+,44-,45-,46+,47+,48+,49+,50+,51+,52+,53+,54-,55-,56-,57+,58?,59-,60-,61-,62-,63-,64-,67-,68-/m0/s1. The molecule has 0 aromatic rings. The minimum Gasteiger partial charge on any atom is -0.477 e. The molecule has 54 nitrogen and oxygen atoms in total. The zero-order valence-electron chi connectivity index (χ0n) is 65.8. The van der Waals surface area contributed by atoms with Gasteiger partial charge in [0.25, 0.3) is 11.6 Å². The predicted molar refractivity (Wildman–Crippen MR) is 375 cm³/mol. The first-order valence-electron chi connectivity index (χ1n) is 38.6. The number of aliphatic carboxylic acids is 2. The minimum absolute atomic E-state index is 0.850. The van der Waals surface area contributed by atoms with Crippen molar-refractivity contribution in [1.82, 2.24) is 21.3 Å². The fraction of sp³-hybridized carbons (Fsp3) is 0.912. The topological polar surface area (TPSA) is 854 Å². The van der Waals surface area contributed by atoms with E-state index in [9.17, 15) is 167 Å². The van der Waals surface area contributed by atoms with Crippen molar-refractivity contribution >= 4 is 35.6 Å². The van der Waals surface area contributed by atoms with Gasteiger partial charge in [-0.15, -0.1) is 0 Å². The van der Waals surface area contributed by atoms with Crippen LogP contribution in [0.15, 0.2) is 0 Å². The summed E-state index contributed by atoms with van der Waals surface area (Å²) >= 11 is 0. The van der Waals surface area contributed by atoms with Gasteiger partial charge in [-0.3, -0.25) is 19.2 Å². The first kappa shape index (κ1) is 101. The minimum atomic E-state index is -3.37. The van der Waals surface area contributed by atoms with Crippen LogP contribution in [0.25, 0.3) is 0 Å². The van der Waals surface area contributed by atoms with Crippen molar-refractivity contribution in [3.8, 4) is 0 Å². The summed E-state index contributed by atoms with van der Waals surface area (Å²) in [6, 6.07) is -7.99. The molecular formula is C68H112N4O50. The van der Waals surface area contributed by atoms with Gasteiger partial charge in [-0.25, -0.2) is 9.59 Å². The highest BCUT2D eigenvalue weighted by atomic mass is 16.8. The maximum absolute atomic E-state index is 13.8. The van der Waals surface area contributed by atoms with Crippen LogP contribution in [0, 0.1) is 0 Å². The second kappa shape index (κ2) is 42.6. The third-order valence-corrected chi connectivity index (χ3v) is 22.2. The van der Waals surface area contributed by atoms with Gasteiger partial charge in [0, 0.05) is 40.5 Å². The average molecular weight is 1790 g/mol. The molecule has 122 heavy (non-hydrogen) atoms. The van der Waals surface area contributed by atoms with Crippen molar-refractivity contribution < 1.29 is 247 Å². The van der Waals surface area contributed by atoms with Crippen LogP contribution in [0.1, 0.15) is 54.4 Å². The van der Waals surface area contributed by atoms with Gasteiger partial charge in [0.2, 0.25) is 23.6 Å². The Morgan fingerprint density at radius 2 is 0.623 bits per heavy atom. The Labute approximate surface area is 690 Å². The van der Waals surface area contributed by atoms with Crippen molar-refractivity contribution in [1.29, 1.82) is 0 Å². The lowest BCUT2D eigenvalue weighted by Crippen LogP contribution is -2.73. The molecule has 0 saturated carbocycles. The van der Waals surface area contributed by atoms with Crippen LogP contribution >= 0.6 is 0 Å². The molecule has 9 saturated heterocycles. The number of hydrogen-bond donors (Lipinski definition) is 31.